The van der Waals surface area contributed by atoms with E-state index >= 15 is 0 Å². The number of hydrogen-bond donors (Lipinski definition) is 1. The predicted octanol–water partition coefficient (Wildman–Crippen LogP) is 2.80. The summed E-state index contributed by atoms with van der Waals surface area (Å²) in [5.74, 6) is -2.03. The number of amides is 2. The van der Waals surface area contributed by atoms with Crippen LogP contribution in [0.1, 0.15) is 31.4 Å². The second kappa shape index (κ2) is 7.19. The fraction of sp³-hybridized carbons (Fsp3) is 0.500. The van der Waals surface area contributed by atoms with Gasteiger partial charge in [-0.2, -0.15) is 13.2 Å². The standard InChI is InChI=1S/C16H18F4N2O2/c1-2-22-9-11(7-14(22)23)15(24)21-13(8-16(18,19)20)10-3-5-12(17)6-4-10/h3-6,11,13H,2,7-9H2,1H3,(H,21,24)/t11-,13+/m0/s1. The summed E-state index contributed by atoms with van der Waals surface area (Å²) in [5, 5.41) is 2.36. The Balaban J connectivity index is 2.12. The Morgan fingerprint density at radius 3 is 2.46 bits per heavy atom. The molecule has 0 spiro atoms. The van der Waals surface area contributed by atoms with Crippen LogP contribution in [0.15, 0.2) is 24.3 Å². The topological polar surface area (TPSA) is 49.4 Å². The molecule has 2 rings (SSSR count). The maximum Gasteiger partial charge on any atom is 0.391 e. The van der Waals surface area contributed by atoms with Crippen molar-refractivity contribution >= 4 is 11.8 Å². The van der Waals surface area contributed by atoms with E-state index in [-0.39, 0.29) is 24.4 Å². The van der Waals surface area contributed by atoms with Gasteiger partial charge in [0.05, 0.1) is 18.4 Å². The average molecular weight is 346 g/mol. The molecule has 4 nitrogen and oxygen atoms in total. The molecule has 8 heteroatoms. The number of carbonyl (C=O) groups is 2. The summed E-state index contributed by atoms with van der Waals surface area (Å²) in [5.41, 5.74) is 0.166. The summed E-state index contributed by atoms with van der Waals surface area (Å²) in [6, 6.07) is 3.20. The third kappa shape index (κ3) is 4.69. The van der Waals surface area contributed by atoms with Crippen LogP contribution in [0, 0.1) is 11.7 Å². The van der Waals surface area contributed by atoms with E-state index in [0.717, 1.165) is 12.1 Å². The Morgan fingerprint density at radius 2 is 1.96 bits per heavy atom. The van der Waals surface area contributed by atoms with Crippen molar-refractivity contribution in [3.8, 4) is 0 Å². The van der Waals surface area contributed by atoms with Gasteiger partial charge in [0.1, 0.15) is 5.82 Å². The Kier molecular flexibility index (Phi) is 5.46. The normalized spacial score (nSPS) is 19.5. The lowest BCUT2D eigenvalue weighted by Crippen LogP contribution is -2.37. The van der Waals surface area contributed by atoms with Crippen LogP contribution in [0.3, 0.4) is 0 Å². The molecule has 1 aliphatic rings. The van der Waals surface area contributed by atoms with Crippen LogP contribution in [0.5, 0.6) is 0 Å². The van der Waals surface area contributed by atoms with Gasteiger partial charge in [0.25, 0.3) is 0 Å². The molecular weight excluding hydrogens is 328 g/mol. The van der Waals surface area contributed by atoms with Gasteiger partial charge in [-0.05, 0) is 24.6 Å². The molecule has 0 aromatic heterocycles. The zero-order valence-corrected chi connectivity index (χ0v) is 13.1. The maximum absolute atomic E-state index is 13.0. The number of hydrogen-bond acceptors (Lipinski definition) is 2. The maximum atomic E-state index is 13.0. The Morgan fingerprint density at radius 1 is 1.33 bits per heavy atom. The summed E-state index contributed by atoms with van der Waals surface area (Å²) in [6.07, 6.45) is -5.77. The van der Waals surface area contributed by atoms with Crippen molar-refractivity contribution in [3.63, 3.8) is 0 Å². The lowest BCUT2D eigenvalue weighted by atomic mass is 10.0. The van der Waals surface area contributed by atoms with E-state index < -0.39 is 36.3 Å². The lowest BCUT2D eigenvalue weighted by Gasteiger charge is -2.22. The van der Waals surface area contributed by atoms with Crippen molar-refractivity contribution in [2.45, 2.75) is 32.0 Å². The SMILES string of the molecule is CCN1C[C@@H](C(=O)N[C@H](CC(F)(F)F)c2ccc(F)cc2)CC1=O. The van der Waals surface area contributed by atoms with Crippen molar-refractivity contribution in [2.75, 3.05) is 13.1 Å². The molecule has 0 saturated carbocycles. The number of rotatable bonds is 5. The Bertz CT molecular complexity index is 601. The van der Waals surface area contributed by atoms with Gasteiger partial charge in [0.15, 0.2) is 0 Å². The van der Waals surface area contributed by atoms with Crippen LogP contribution >= 0.6 is 0 Å². The molecule has 2 amide bonds. The van der Waals surface area contributed by atoms with Crippen molar-refractivity contribution in [2.24, 2.45) is 5.92 Å². The molecule has 0 aliphatic carbocycles. The fourth-order valence-corrected chi connectivity index (χ4v) is 2.72. The molecular formula is C16H18F4N2O2. The summed E-state index contributed by atoms with van der Waals surface area (Å²) in [7, 11) is 0. The highest BCUT2D eigenvalue weighted by Crippen LogP contribution is 2.30. The molecule has 1 aromatic carbocycles. The number of halogens is 4. The molecule has 0 bridgehead atoms. The average Bonchev–Trinajstić information content (AvgIpc) is 2.87. The first-order chi connectivity index (χ1) is 11.2. The highest BCUT2D eigenvalue weighted by Gasteiger charge is 2.37. The van der Waals surface area contributed by atoms with Gasteiger partial charge in [-0.15, -0.1) is 0 Å². The second-order valence-electron chi connectivity index (χ2n) is 5.77. The molecule has 1 N–H and O–H groups in total. The van der Waals surface area contributed by atoms with E-state index in [1.807, 2.05) is 0 Å². The number of nitrogens with one attached hydrogen (secondary N) is 1. The molecule has 1 saturated heterocycles. The van der Waals surface area contributed by atoms with Crippen LogP contribution in [-0.2, 0) is 9.59 Å². The zero-order valence-electron chi connectivity index (χ0n) is 13.1. The highest BCUT2D eigenvalue weighted by molar-refractivity contribution is 5.89. The number of likely N-dealkylation sites (tertiary alicyclic amines) is 1. The third-order valence-corrected chi connectivity index (χ3v) is 3.99. The Hall–Kier alpha value is -2.12. The first-order valence-corrected chi connectivity index (χ1v) is 7.60. The molecule has 1 aromatic rings. The van der Waals surface area contributed by atoms with Crippen LogP contribution in [0.25, 0.3) is 0 Å². The van der Waals surface area contributed by atoms with Gasteiger partial charge in [-0.1, -0.05) is 12.1 Å². The summed E-state index contributed by atoms with van der Waals surface area (Å²) in [6.45, 7) is 2.42. The van der Waals surface area contributed by atoms with Crippen molar-refractivity contribution in [1.82, 2.24) is 10.2 Å². The van der Waals surface area contributed by atoms with Crippen molar-refractivity contribution in [3.05, 3.63) is 35.6 Å². The molecule has 1 fully saturated rings. The van der Waals surface area contributed by atoms with Gasteiger partial charge in [0, 0.05) is 19.5 Å². The van der Waals surface area contributed by atoms with Gasteiger partial charge in [-0.25, -0.2) is 4.39 Å². The Labute approximate surface area is 136 Å². The molecule has 2 atom stereocenters. The second-order valence-corrected chi connectivity index (χ2v) is 5.77. The first kappa shape index (κ1) is 18.2. The van der Waals surface area contributed by atoms with Crippen molar-refractivity contribution in [1.29, 1.82) is 0 Å². The van der Waals surface area contributed by atoms with E-state index in [1.165, 1.54) is 17.0 Å². The minimum atomic E-state index is -4.49. The largest absolute Gasteiger partial charge is 0.391 e. The molecule has 0 radical (unpaired) electrons. The quantitative estimate of drug-likeness (QED) is 0.834. The van der Waals surface area contributed by atoms with E-state index in [9.17, 15) is 27.2 Å². The zero-order chi connectivity index (χ0) is 17.9. The van der Waals surface area contributed by atoms with Crippen LogP contribution in [0.2, 0.25) is 0 Å². The van der Waals surface area contributed by atoms with E-state index in [0.29, 0.717) is 6.54 Å². The van der Waals surface area contributed by atoms with Gasteiger partial charge in [-0.3, -0.25) is 9.59 Å². The number of alkyl halides is 3. The smallest absolute Gasteiger partial charge is 0.349 e. The van der Waals surface area contributed by atoms with E-state index in [4.69, 9.17) is 0 Å². The molecule has 0 unspecified atom stereocenters. The van der Waals surface area contributed by atoms with E-state index in [1.54, 1.807) is 6.92 Å². The minimum absolute atomic E-state index is 0.0121. The summed E-state index contributed by atoms with van der Waals surface area (Å²) >= 11 is 0. The molecule has 132 valence electrons. The fourth-order valence-electron chi connectivity index (χ4n) is 2.72. The number of nitrogens with zero attached hydrogens (tertiary/aromatic N) is 1. The summed E-state index contributed by atoms with van der Waals surface area (Å²) in [4.78, 5) is 25.4. The summed E-state index contributed by atoms with van der Waals surface area (Å²) < 4.78 is 51.3. The van der Waals surface area contributed by atoms with E-state index in [2.05, 4.69) is 5.32 Å². The van der Waals surface area contributed by atoms with Crippen molar-refractivity contribution < 1.29 is 27.2 Å². The molecule has 1 aliphatic heterocycles. The monoisotopic (exact) mass is 346 g/mol. The van der Waals surface area contributed by atoms with Crippen LogP contribution in [0.4, 0.5) is 17.6 Å². The number of benzene rings is 1. The lowest BCUT2D eigenvalue weighted by molar-refractivity contribution is -0.143. The predicted molar refractivity (Wildman–Crippen MR) is 78.3 cm³/mol. The van der Waals surface area contributed by atoms with Crippen LogP contribution in [-0.4, -0.2) is 36.0 Å². The third-order valence-electron chi connectivity index (χ3n) is 3.99. The van der Waals surface area contributed by atoms with Crippen LogP contribution < -0.4 is 5.32 Å². The molecule has 1 heterocycles. The highest BCUT2D eigenvalue weighted by atomic mass is 19.4. The number of carbonyl (C=O) groups excluding carboxylic acids is 2. The van der Waals surface area contributed by atoms with Gasteiger partial charge >= 0.3 is 6.18 Å². The first-order valence-electron chi connectivity index (χ1n) is 7.60. The molecule has 24 heavy (non-hydrogen) atoms. The van der Waals surface area contributed by atoms with Gasteiger partial charge < -0.3 is 10.2 Å². The van der Waals surface area contributed by atoms with Gasteiger partial charge in [0.2, 0.25) is 11.8 Å². The minimum Gasteiger partial charge on any atom is -0.349 e.